The molecule has 2 N–H and O–H groups in total. The molecule has 0 aliphatic heterocycles. The Morgan fingerprint density at radius 2 is 1.69 bits per heavy atom. The minimum absolute atomic E-state index is 0.249. The van der Waals surface area contributed by atoms with Crippen molar-refractivity contribution in [3.05, 3.63) is 65.2 Å². The van der Waals surface area contributed by atoms with Gasteiger partial charge in [-0.2, -0.15) is 0 Å². The third-order valence-electron chi connectivity index (χ3n) is 4.17. The fourth-order valence-electron chi connectivity index (χ4n) is 2.61. The van der Waals surface area contributed by atoms with Crippen LogP contribution in [0.4, 0.5) is 5.69 Å². The topological polar surface area (TPSA) is 72.6 Å². The molecule has 5 nitrogen and oxygen atoms in total. The number of ether oxygens (including phenoxy) is 1. The fourth-order valence-corrected chi connectivity index (χ4v) is 2.61. The van der Waals surface area contributed by atoms with E-state index in [0.717, 1.165) is 11.1 Å². The predicted octanol–water partition coefficient (Wildman–Crippen LogP) is 3.56. The van der Waals surface area contributed by atoms with E-state index in [1.54, 1.807) is 17.0 Å². The number of rotatable bonds is 5. The number of carbonyl (C=O) groups excluding carboxylic acids is 2. The molecule has 0 bridgehead atoms. The summed E-state index contributed by atoms with van der Waals surface area (Å²) in [6.45, 7) is 7.80. The summed E-state index contributed by atoms with van der Waals surface area (Å²) >= 11 is 0. The monoisotopic (exact) mass is 354 g/mol. The molecule has 0 atom stereocenters. The van der Waals surface area contributed by atoms with E-state index in [9.17, 15) is 9.59 Å². The van der Waals surface area contributed by atoms with Crippen LogP contribution in [0.2, 0.25) is 0 Å². The van der Waals surface area contributed by atoms with Gasteiger partial charge in [0.15, 0.2) is 6.61 Å². The summed E-state index contributed by atoms with van der Waals surface area (Å²) < 4.78 is 5.23. The molecule has 2 aromatic carbocycles. The first-order valence-electron chi connectivity index (χ1n) is 8.56. The Kier molecular flexibility index (Phi) is 6.03. The Balaban J connectivity index is 2.07. The third-order valence-corrected chi connectivity index (χ3v) is 4.17. The average Bonchev–Trinajstić information content (AvgIpc) is 2.59. The van der Waals surface area contributed by atoms with Crippen molar-refractivity contribution in [2.24, 2.45) is 0 Å². The first-order valence-corrected chi connectivity index (χ1v) is 8.56. The number of amides is 1. The number of esters is 1. The van der Waals surface area contributed by atoms with E-state index < -0.39 is 11.5 Å². The summed E-state index contributed by atoms with van der Waals surface area (Å²) in [6, 6.07) is 14.9. The van der Waals surface area contributed by atoms with Crippen molar-refractivity contribution < 1.29 is 14.3 Å². The highest BCUT2D eigenvalue weighted by Crippen LogP contribution is 2.20. The van der Waals surface area contributed by atoms with E-state index in [-0.39, 0.29) is 18.1 Å². The number of hydrogen-bond acceptors (Lipinski definition) is 4. The summed E-state index contributed by atoms with van der Waals surface area (Å²) in [5.74, 6) is -0.839. The molecular weight excluding hydrogens is 328 g/mol. The number of nitrogen functional groups attached to an aromatic ring is 1. The van der Waals surface area contributed by atoms with E-state index >= 15 is 0 Å². The van der Waals surface area contributed by atoms with E-state index in [2.05, 4.69) is 0 Å². The van der Waals surface area contributed by atoms with Crippen molar-refractivity contribution in [2.75, 3.05) is 12.3 Å². The van der Waals surface area contributed by atoms with Crippen molar-refractivity contribution >= 4 is 17.6 Å². The first kappa shape index (κ1) is 19.5. The lowest BCUT2D eigenvalue weighted by Crippen LogP contribution is -2.46. The third kappa shape index (κ3) is 4.85. The van der Waals surface area contributed by atoms with Gasteiger partial charge in [-0.15, -0.1) is 0 Å². The molecule has 1 amide bonds. The summed E-state index contributed by atoms with van der Waals surface area (Å²) in [4.78, 5) is 26.7. The zero-order valence-corrected chi connectivity index (χ0v) is 15.8. The van der Waals surface area contributed by atoms with E-state index in [4.69, 9.17) is 10.5 Å². The number of nitrogens with zero attached hydrogens (tertiary/aromatic N) is 1. The molecule has 0 saturated carbocycles. The number of carbonyl (C=O) groups is 2. The Bertz CT molecular complexity index is 780. The molecule has 0 aliphatic carbocycles. The smallest absolute Gasteiger partial charge is 0.340 e. The van der Waals surface area contributed by atoms with Crippen LogP contribution in [0.1, 0.15) is 42.3 Å². The van der Waals surface area contributed by atoms with Gasteiger partial charge in [-0.1, -0.05) is 42.5 Å². The Morgan fingerprint density at radius 3 is 2.31 bits per heavy atom. The molecule has 0 aliphatic rings. The van der Waals surface area contributed by atoms with Gasteiger partial charge in [0, 0.05) is 17.8 Å². The van der Waals surface area contributed by atoms with E-state index in [1.807, 2.05) is 64.1 Å². The zero-order valence-electron chi connectivity index (χ0n) is 15.8. The second kappa shape index (κ2) is 8.04. The molecule has 2 aromatic rings. The number of aryl methyl sites for hydroxylation is 1. The van der Waals surface area contributed by atoms with Gasteiger partial charge < -0.3 is 15.4 Å². The second-order valence-corrected chi connectivity index (χ2v) is 7.25. The summed E-state index contributed by atoms with van der Waals surface area (Å²) in [6.07, 6.45) is 0. The highest BCUT2D eigenvalue weighted by Gasteiger charge is 2.27. The van der Waals surface area contributed by atoms with Crippen LogP contribution in [0.5, 0.6) is 0 Å². The number of anilines is 1. The maximum atomic E-state index is 12.7. The van der Waals surface area contributed by atoms with Gasteiger partial charge in [0.1, 0.15) is 0 Å². The van der Waals surface area contributed by atoms with Gasteiger partial charge in [0.05, 0.1) is 5.56 Å². The highest BCUT2D eigenvalue weighted by atomic mass is 16.5. The van der Waals surface area contributed by atoms with Crippen LogP contribution in [0.3, 0.4) is 0 Å². The van der Waals surface area contributed by atoms with Gasteiger partial charge >= 0.3 is 5.97 Å². The van der Waals surface area contributed by atoms with Crippen molar-refractivity contribution in [3.8, 4) is 0 Å². The summed E-state index contributed by atoms with van der Waals surface area (Å²) in [5, 5.41) is 0. The quantitative estimate of drug-likeness (QED) is 0.658. The van der Waals surface area contributed by atoms with Crippen LogP contribution >= 0.6 is 0 Å². The van der Waals surface area contributed by atoms with Crippen molar-refractivity contribution in [1.82, 2.24) is 4.90 Å². The molecular formula is C21H26N2O3. The van der Waals surface area contributed by atoms with Crippen molar-refractivity contribution in [3.63, 3.8) is 0 Å². The molecule has 138 valence electrons. The normalized spacial score (nSPS) is 11.1. The van der Waals surface area contributed by atoms with Crippen LogP contribution < -0.4 is 5.73 Å². The van der Waals surface area contributed by atoms with Gasteiger partial charge in [-0.3, -0.25) is 4.79 Å². The molecule has 0 radical (unpaired) electrons. The van der Waals surface area contributed by atoms with Gasteiger partial charge in [-0.05, 0) is 44.9 Å². The maximum absolute atomic E-state index is 12.7. The molecule has 0 aromatic heterocycles. The first-order chi connectivity index (χ1) is 12.2. The lowest BCUT2D eigenvalue weighted by atomic mass is 10.0. The number of hydrogen-bond donors (Lipinski definition) is 1. The highest BCUT2D eigenvalue weighted by molar-refractivity contribution is 5.96. The molecule has 0 heterocycles. The fraction of sp³-hybridized carbons (Fsp3) is 0.333. The average molecular weight is 354 g/mol. The SMILES string of the molecule is Cc1cccc(C(=O)OCC(=O)N(Cc2ccccc2)C(C)(C)C)c1N. The summed E-state index contributed by atoms with van der Waals surface area (Å²) in [7, 11) is 0. The number of benzene rings is 2. The molecule has 5 heteroatoms. The number of para-hydroxylation sites is 1. The van der Waals surface area contributed by atoms with Crippen LogP contribution in [0.15, 0.2) is 48.5 Å². The minimum Gasteiger partial charge on any atom is -0.452 e. The largest absolute Gasteiger partial charge is 0.452 e. The molecule has 0 unspecified atom stereocenters. The Hall–Kier alpha value is -2.82. The standard InChI is InChI=1S/C21H26N2O3/c1-15-9-8-12-17(19(15)22)20(25)26-14-18(24)23(21(2,3)4)13-16-10-6-5-7-11-16/h5-12H,13-14,22H2,1-4H3. The van der Waals surface area contributed by atoms with Crippen LogP contribution in [0, 0.1) is 6.92 Å². The second-order valence-electron chi connectivity index (χ2n) is 7.25. The van der Waals surface area contributed by atoms with Gasteiger partial charge in [0.2, 0.25) is 0 Å². The molecule has 0 fully saturated rings. The molecule has 0 spiro atoms. The molecule has 26 heavy (non-hydrogen) atoms. The molecule has 0 saturated heterocycles. The van der Waals surface area contributed by atoms with Crippen LogP contribution in [-0.2, 0) is 16.1 Å². The zero-order chi connectivity index (χ0) is 19.3. The van der Waals surface area contributed by atoms with Crippen molar-refractivity contribution in [1.29, 1.82) is 0 Å². The predicted molar refractivity (Wildman–Crippen MR) is 103 cm³/mol. The van der Waals surface area contributed by atoms with Gasteiger partial charge in [-0.25, -0.2) is 4.79 Å². The Morgan fingerprint density at radius 1 is 1.04 bits per heavy atom. The van der Waals surface area contributed by atoms with Crippen molar-refractivity contribution in [2.45, 2.75) is 39.8 Å². The van der Waals surface area contributed by atoms with Crippen LogP contribution in [0.25, 0.3) is 0 Å². The van der Waals surface area contributed by atoms with Gasteiger partial charge in [0.25, 0.3) is 5.91 Å². The minimum atomic E-state index is -0.590. The molecule has 2 rings (SSSR count). The lowest BCUT2D eigenvalue weighted by molar-refractivity contribution is -0.140. The maximum Gasteiger partial charge on any atom is 0.340 e. The number of nitrogens with two attached hydrogens (primary N) is 1. The lowest BCUT2D eigenvalue weighted by Gasteiger charge is -2.35. The summed E-state index contributed by atoms with van der Waals surface area (Å²) in [5.41, 5.74) is 8.00. The van der Waals surface area contributed by atoms with E-state index in [1.165, 1.54) is 0 Å². The van der Waals surface area contributed by atoms with E-state index in [0.29, 0.717) is 12.2 Å². The Labute approximate surface area is 154 Å². The van der Waals surface area contributed by atoms with Crippen LogP contribution in [-0.4, -0.2) is 28.9 Å².